The summed E-state index contributed by atoms with van der Waals surface area (Å²) in [4.78, 5) is 31.9. The Labute approximate surface area is 100 Å². The van der Waals surface area contributed by atoms with Crippen LogP contribution in [0.4, 0.5) is 8.78 Å². The maximum absolute atomic E-state index is 12.7. The summed E-state index contributed by atoms with van der Waals surface area (Å²) in [5.41, 5.74) is 0.393. The number of alkyl halides is 2. The van der Waals surface area contributed by atoms with Crippen LogP contribution in [0.3, 0.4) is 0 Å². The van der Waals surface area contributed by atoms with Crippen molar-refractivity contribution in [3.63, 3.8) is 0 Å². The van der Waals surface area contributed by atoms with Crippen LogP contribution in [0.5, 0.6) is 0 Å². The summed E-state index contributed by atoms with van der Waals surface area (Å²) < 4.78 is 25.4. The lowest BCUT2D eigenvalue weighted by atomic mass is 10.1. The Bertz CT molecular complexity index is 470. The van der Waals surface area contributed by atoms with Gasteiger partial charge in [-0.25, -0.2) is 4.79 Å². The third-order valence-corrected chi connectivity index (χ3v) is 2.09. The van der Waals surface area contributed by atoms with E-state index in [2.05, 4.69) is 0 Å². The molecule has 0 saturated carbocycles. The summed E-state index contributed by atoms with van der Waals surface area (Å²) in [7, 11) is 0. The molecule has 18 heavy (non-hydrogen) atoms. The fourth-order valence-electron chi connectivity index (χ4n) is 1.08. The van der Waals surface area contributed by atoms with Crippen LogP contribution in [0.1, 0.15) is 20.7 Å². The van der Waals surface area contributed by atoms with E-state index in [1.165, 1.54) is 24.3 Å². The number of nitrogens with one attached hydrogen (secondary N) is 1. The Balaban J connectivity index is 2.65. The van der Waals surface area contributed by atoms with E-state index < -0.39 is 24.3 Å². The van der Waals surface area contributed by atoms with Crippen LogP contribution in [0.15, 0.2) is 24.3 Å². The highest BCUT2D eigenvalue weighted by molar-refractivity contribution is 5.95. The van der Waals surface area contributed by atoms with Gasteiger partial charge in [-0.1, -0.05) is 12.1 Å². The predicted octanol–water partition coefficient (Wildman–Crippen LogP) is 0.949. The second kappa shape index (κ2) is 5.35. The van der Waals surface area contributed by atoms with Crippen molar-refractivity contribution in [2.45, 2.75) is 5.92 Å². The average molecular weight is 257 g/mol. The van der Waals surface area contributed by atoms with Crippen molar-refractivity contribution in [1.82, 2.24) is 5.32 Å². The van der Waals surface area contributed by atoms with E-state index in [-0.39, 0.29) is 5.56 Å². The fourth-order valence-corrected chi connectivity index (χ4v) is 1.08. The van der Waals surface area contributed by atoms with Crippen LogP contribution in [-0.2, 0) is 4.79 Å². The average Bonchev–Trinajstić information content (AvgIpc) is 2.36. The van der Waals surface area contributed by atoms with Crippen LogP contribution in [-0.4, -0.2) is 35.7 Å². The van der Waals surface area contributed by atoms with E-state index >= 15 is 0 Å². The highest BCUT2D eigenvalue weighted by atomic mass is 19.3. The molecule has 0 atom stereocenters. The van der Waals surface area contributed by atoms with E-state index in [1.807, 2.05) is 0 Å². The van der Waals surface area contributed by atoms with Crippen molar-refractivity contribution < 1.29 is 28.3 Å². The van der Waals surface area contributed by atoms with Gasteiger partial charge in [0.2, 0.25) is 0 Å². The number of aldehydes is 1. The zero-order valence-electron chi connectivity index (χ0n) is 9.02. The smallest absolute Gasteiger partial charge is 0.376 e. The van der Waals surface area contributed by atoms with Crippen LogP contribution < -0.4 is 5.32 Å². The molecule has 5 nitrogen and oxygen atoms in total. The first-order chi connectivity index (χ1) is 8.36. The molecule has 7 heteroatoms. The first kappa shape index (κ1) is 13.8. The fraction of sp³-hybridized carbons (Fsp3) is 0.182. The molecular weight excluding hydrogens is 248 g/mol. The zero-order chi connectivity index (χ0) is 13.8. The molecule has 0 unspecified atom stereocenters. The molecule has 0 radical (unpaired) electrons. The normalized spacial score (nSPS) is 10.8. The number of amides is 1. The number of carboxylic acid groups (broad SMARTS) is 1. The molecule has 0 bridgehead atoms. The predicted molar refractivity (Wildman–Crippen MR) is 56.7 cm³/mol. The van der Waals surface area contributed by atoms with Gasteiger partial charge in [0, 0.05) is 11.1 Å². The van der Waals surface area contributed by atoms with Crippen LogP contribution in [0.2, 0.25) is 0 Å². The first-order valence-corrected chi connectivity index (χ1v) is 4.81. The molecule has 1 aromatic rings. The molecule has 0 aliphatic heterocycles. The van der Waals surface area contributed by atoms with Crippen molar-refractivity contribution in [2.75, 3.05) is 6.54 Å². The molecule has 96 valence electrons. The highest BCUT2D eigenvalue weighted by Crippen LogP contribution is 2.12. The maximum Gasteiger partial charge on any atom is 0.376 e. The lowest BCUT2D eigenvalue weighted by molar-refractivity contribution is -0.163. The van der Waals surface area contributed by atoms with Crippen molar-refractivity contribution >= 4 is 18.2 Å². The molecular formula is C11H9F2NO4. The van der Waals surface area contributed by atoms with E-state index in [0.29, 0.717) is 11.8 Å². The molecule has 0 aliphatic carbocycles. The Morgan fingerprint density at radius 3 is 2.28 bits per heavy atom. The second-order valence-electron chi connectivity index (χ2n) is 3.43. The van der Waals surface area contributed by atoms with Gasteiger partial charge in [0.15, 0.2) is 0 Å². The van der Waals surface area contributed by atoms with Crippen molar-refractivity contribution in [3.8, 4) is 0 Å². The van der Waals surface area contributed by atoms with Gasteiger partial charge in [0.1, 0.15) is 6.29 Å². The number of aliphatic carboxylic acids is 1. The third-order valence-electron chi connectivity index (χ3n) is 2.09. The van der Waals surface area contributed by atoms with Gasteiger partial charge in [0.25, 0.3) is 5.91 Å². The topological polar surface area (TPSA) is 83.5 Å². The Morgan fingerprint density at radius 2 is 1.83 bits per heavy atom. The van der Waals surface area contributed by atoms with Gasteiger partial charge in [0.05, 0.1) is 6.54 Å². The summed E-state index contributed by atoms with van der Waals surface area (Å²) in [5.74, 6) is -7.16. The van der Waals surface area contributed by atoms with E-state index in [0.717, 1.165) is 0 Å². The van der Waals surface area contributed by atoms with E-state index in [9.17, 15) is 23.2 Å². The molecule has 0 aromatic heterocycles. The van der Waals surface area contributed by atoms with Gasteiger partial charge in [-0.15, -0.1) is 0 Å². The van der Waals surface area contributed by atoms with Gasteiger partial charge < -0.3 is 10.4 Å². The Morgan fingerprint density at radius 1 is 1.28 bits per heavy atom. The van der Waals surface area contributed by atoms with Crippen LogP contribution >= 0.6 is 0 Å². The number of hydrogen-bond acceptors (Lipinski definition) is 3. The van der Waals surface area contributed by atoms with E-state index in [1.54, 1.807) is 5.32 Å². The monoisotopic (exact) mass is 257 g/mol. The Hall–Kier alpha value is -2.31. The van der Waals surface area contributed by atoms with E-state index in [4.69, 9.17) is 5.11 Å². The standard InChI is InChI=1S/C11H9F2NO4/c12-11(13,10(17)18)6-14-9(16)8-3-1-7(5-15)2-4-8/h1-5H,6H2,(H,14,16)(H,17,18). The molecule has 1 rings (SSSR count). The summed E-state index contributed by atoms with van der Waals surface area (Å²) in [5, 5.41) is 9.95. The highest BCUT2D eigenvalue weighted by Gasteiger charge is 2.39. The van der Waals surface area contributed by atoms with Gasteiger partial charge in [-0.05, 0) is 12.1 Å². The van der Waals surface area contributed by atoms with Gasteiger partial charge in [-0.3, -0.25) is 9.59 Å². The zero-order valence-corrected chi connectivity index (χ0v) is 9.02. The number of benzene rings is 1. The molecule has 0 aliphatic rings. The van der Waals surface area contributed by atoms with Crippen molar-refractivity contribution in [3.05, 3.63) is 35.4 Å². The van der Waals surface area contributed by atoms with Gasteiger partial charge >= 0.3 is 11.9 Å². The Kier molecular flexibility index (Phi) is 4.09. The van der Waals surface area contributed by atoms with Crippen molar-refractivity contribution in [2.24, 2.45) is 0 Å². The molecule has 0 heterocycles. The summed E-state index contributed by atoms with van der Waals surface area (Å²) >= 11 is 0. The van der Waals surface area contributed by atoms with Gasteiger partial charge in [-0.2, -0.15) is 8.78 Å². The molecule has 0 fully saturated rings. The molecule has 2 N–H and O–H groups in total. The molecule has 0 spiro atoms. The summed E-state index contributed by atoms with van der Waals surface area (Å²) in [6.45, 7) is -1.30. The maximum atomic E-state index is 12.7. The first-order valence-electron chi connectivity index (χ1n) is 4.81. The second-order valence-corrected chi connectivity index (χ2v) is 3.43. The van der Waals surface area contributed by atoms with Crippen LogP contribution in [0, 0.1) is 0 Å². The number of carbonyl (C=O) groups excluding carboxylic acids is 2. The minimum absolute atomic E-state index is 0.0572. The van der Waals surface area contributed by atoms with Crippen LogP contribution in [0.25, 0.3) is 0 Å². The quantitative estimate of drug-likeness (QED) is 0.769. The minimum Gasteiger partial charge on any atom is -0.477 e. The molecule has 0 saturated heterocycles. The largest absolute Gasteiger partial charge is 0.477 e. The number of carbonyl (C=O) groups is 3. The number of carboxylic acids is 1. The lowest BCUT2D eigenvalue weighted by Crippen LogP contribution is -2.42. The lowest BCUT2D eigenvalue weighted by Gasteiger charge is -2.12. The third kappa shape index (κ3) is 3.34. The summed E-state index contributed by atoms with van der Waals surface area (Å²) in [6, 6.07) is 5.24. The molecule has 1 aromatic carbocycles. The number of rotatable bonds is 5. The summed E-state index contributed by atoms with van der Waals surface area (Å²) in [6.07, 6.45) is 0.570. The van der Waals surface area contributed by atoms with Crippen molar-refractivity contribution in [1.29, 1.82) is 0 Å². The minimum atomic E-state index is -4.02. The SMILES string of the molecule is O=Cc1ccc(C(=O)NCC(F)(F)C(=O)O)cc1. The number of halogens is 2. The molecule has 1 amide bonds. The number of hydrogen-bond donors (Lipinski definition) is 2.